The number of aromatic nitrogens is 2. The van der Waals surface area contributed by atoms with Crippen LogP contribution in [0.1, 0.15) is 20.7 Å². The zero-order valence-electron chi connectivity index (χ0n) is 18.2. The lowest BCUT2D eigenvalue weighted by Gasteiger charge is -2.11. The minimum Gasteiger partial charge on any atom is -0.465 e. The van der Waals surface area contributed by atoms with E-state index >= 15 is 0 Å². The van der Waals surface area contributed by atoms with Crippen LogP contribution in [0.2, 0.25) is 0 Å². The molecule has 3 heterocycles. The number of fused-ring (bicyclic) bond motifs is 1. The van der Waals surface area contributed by atoms with Gasteiger partial charge in [0.2, 0.25) is 0 Å². The van der Waals surface area contributed by atoms with Crippen LogP contribution >= 0.6 is 11.3 Å². The van der Waals surface area contributed by atoms with Crippen LogP contribution in [0.5, 0.6) is 0 Å². The van der Waals surface area contributed by atoms with E-state index in [4.69, 9.17) is 9.72 Å². The van der Waals surface area contributed by atoms with E-state index in [2.05, 4.69) is 10.3 Å². The maximum atomic E-state index is 13.5. The van der Waals surface area contributed by atoms with Crippen LogP contribution in [0.15, 0.2) is 90.6 Å². The van der Waals surface area contributed by atoms with Crippen molar-refractivity contribution in [2.75, 3.05) is 12.4 Å². The number of para-hydroxylation sites is 1. The summed E-state index contributed by atoms with van der Waals surface area (Å²) in [6, 6.07) is 22.5. The molecule has 0 unspecified atom stereocenters. The third-order valence-corrected chi connectivity index (χ3v) is 6.31. The smallest absolute Gasteiger partial charge is 0.341 e. The van der Waals surface area contributed by atoms with E-state index in [1.807, 2.05) is 72.1 Å². The van der Waals surface area contributed by atoms with Crippen molar-refractivity contribution in [3.8, 4) is 22.4 Å². The average molecular weight is 466 g/mol. The number of rotatable bonds is 5. The van der Waals surface area contributed by atoms with Crippen molar-refractivity contribution in [2.45, 2.75) is 0 Å². The zero-order chi connectivity index (χ0) is 23.5. The highest BCUT2D eigenvalue weighted by Crippen LogP contribution is 2.36. The molecule has 0 bridgehead atoms. The van der Waals surface area contributed by atoms with Crippen LogP contribution in [0.25, 0.3) is 33.3 Å². The number of carbonyl (C=O) groups excluding carboxylic acids is 2. The Morgan fingerprint density at radius 3 is 2.47 bits per heavy atom. The number of nitrogens with one attached hydrogen (secondary N) is 1. The Morgan fingerprint density at radius 1 is 0.941 bits per heavy atom. The fourth-order valence-electron chi connectivity index (χ4n) is 3.78. The van der Waals surface area contributed by atoms with Crippen molar-refractivity contribution in [1.82, 2.24) is 9.97 Å². The molecule has 0 aliphatic carbocycles. The van der Waals surface area contributed by atoms with Crippen molar-refractivity contribution in [2.24, 2.45) is 0 Å². The molecule has 0 saturated carbocycles. The summed E-state index contributed by atoms with van der Waals surface area (Å²) in [5.41, 5.74) is 4.50. The number of thiophene rings is 1. The van der Waals surface area contributed by atoms with Gasteiger partial charge in [0.05, 0.1) is 23.9 Å². The Kier molecular flexibility index (Phi) is 5.84. The Morgan fingerprint density at radius 2 is 1.71 bits per heavy atom. The van der Waals surface area contributed by atoms with E-state index in [9.17, 15) is 9.59 Å². The van der Waals surface area contributed by atoms with Crippen molar-refractivity contribution >= 4 is 39.1 Å². The molecule has 166 valence electrons. The molecule has 0 aliphatic rings. The summed E-state index contributed by atoms with van der Waals surface area (Å²) >= 11 is 1.29. The fraction of sp³-hybridized carbons (Fsp3) is 0.0370. The maximum absolute atomic E-state index is 13.5. The fourth-order valence-corrected chi connectivity index (χ4v) is 4.73. The number of esters is 1. The first-order valence-corrected chi connectivity index (χ1v) is 11.4. The van der Waals surface area contributed by atoms with E-state index in [1.165, 1.54) is 18.4 Å². The number of methoxy groups -OCH3 is 1. The van der Waals surface area contributed by atoms with Crippen LogP contribution in [-0.4, -0.2) is 29.0 Å². The lowest BCUT2D eigenvalue weighted by molar-refractivity contribution is 0.0603. The summed E-state index contributed by atoms with van der Waals surface area (Å²) in [6.07, 6.45) is 3.40. The SMILES string of the molecule is COC(=O)c1c(-c2ccccc2)csc1NC(=O)c1cc(-c2cccnc2)nc2ccccc12. The Bertz CT molecular complexity index is 1500. The number of pyridine rings is 2. The summed E-state index contributed by atoms with van der Waals surface area (Å²) in [5.74, 6) is -0.846. The molecule has 6 nitrogen and oxygen atoms in total. The maximum Gasteiger partial charge on any atom is 0.341 e. The minimum atomic E-state index is -0.508. The van der Waals surface area contributed by atoms with Gasteiger partial charge in [0.25, 0.3) is 5.91 Å². The van der Waals surface area contributed by atoms with Gasteiger partial charge in [-0.25, -0.2) is 9.78 Å². The molecule has 0 aliphatic heterocycles. The van der Waals surface area contributed by atoms with E-state index in [0.29, 0.717) is 38.3 Å². The minimum absolute atomic E-state index is 0.331. The molecule has 1 N–H and O–H groups in total. The molecule has 3 aromatic heterocycles. The number of nitrogens with zero attached hydrogens (tertiary/aromatic N) is 2. The van der Waals surface area contributed by atoms with Gasteiger partial charge in [0.1, 0.15) is 10.6 Å². The van der Waals surface area contributed by atoms with E-state index in [1.54, 1.807) is 18.5 Å². The molecule has 7 heteroatoms. The summed E-state index contributed by atoms with van der Waals surface area (Å²) < 4.78 is 5.03. The molecule has 0 atom stereocenters. The molecule has 5 aromatic rings. The van der Waals surface area contributed by atoms with Crippen LogP contribution in [-0.2, 0) is 4.74 Å². The van der Waals surface area contributed by atoms with E-state index in [0.717, 1.165) is 11.1 Å². The zero-order valence-corrected chi connectivity index (χ0v) is 19.0. The monoisotopic (exact) mass is 465 g/mol. The number of amides is 1. The van der Waals surface area contributed by atoms with Crippen LogP contribution < -0.4 is 5.32 Å². The summed E-state index contributed by atoms with van der Waals surface area (Å²) in [6.45, 7) is 0. The molecule has 0 spiro atoms. The largest absolute Gasteiger partial charge is 0.465 e. The van der Waals surface area contributed by atoms with Gasteiger partial charge in [-0.2, -0.15) is 0 Å². The quantitative estimate of drug-likeness (QED) is 0.319. The first-order chi connectivity index (χ1) is 16.7. The third kappa shape index (κ3) is 4.04. The second kappa shape index (κ2) is 9.25. The van der Waals surface area contributed by atoms with Gasteiger partial charge in [-0.05, 0) is 29.8 Å². The Labute approximate surface area is 199 Å². The van der Waals surface area contributed by atoms with Gasteiger partial charge >= 0.3 is 5.97 Å². The number of ether oxygens (including phenoxy) is 1. The third-order valence-electron chi connectivity index (χ3n) is 5.41. The lowest BCUT2D eigenvalue weighted by Crippen LogP contribution is -2.15. The highest BCUT2D eigenvalue weighted by atomic mass is 32.1. The Balaban J connectivity index is 1.59. The van der Waals surface area contributed by atoms with Gasteiger partial charge in [-0.1, -0.05) is 48.5 Å². The predicted molar refractivity (Wildman–Crippen MR) is 134 cm³/mol. The lowest BCUT2D eigenvalue weighted by atomic mass is 10.0. The van der Waals surface area contributed by atoms with E-state index < -0.39 is 5.97 Å². The first-order valence-electron chi connectivity index (χ1n) is 10.5. The van der Waals surface area contributed by atoms with Crippen LogP contribution in [0.4, 0.5) is 5.00 Å². The highest BCUT2D eigenvalue weighted by Gasteiger charge is 2.23. The molecule has 0 radical (unpaired) electrons. The first kappa shape index (κ1) is 21.5. The predicted octanol–water partition coefficient (Wildman–Crippen LogP) is 6.06. The van der Waals surface area contributed by atoms with Gasteiger partial charge in [-0.3, -0.25) is 9.78 Å². The normalized spacial score (nSPS) is 10.7. The molecule has 1 amide bonds. The van der Waals surface area contributed by atoms with Crippen LogP contribution in [0, 0.1) is 0 Å². The molecule has 2 aromatic carbocycles. The number of hydrogen-bond donors (Lipinski definition) is 1. The van der Waals surface area contributed by atoms with Crippen LogP contribution in [0.3, 0.4) is 0 Å². The number of anilines is 1. The summed E-state index contributed by atoms with van der Waals surface area (Å²) in [5, 5.41) is 5.93. The second-order valence-electron chi connectivity index (χ2n) is 7.48. The van der Waals surface area contributed by atoms with E-state index in [-0.39, 0.29) is 5.91 Å². The second-order valence-corrected chi connectivity index (χ2v) is 8.36. The topological polar surface area (TPSA) is 81.2 Å². The van der Waals surface area contributed by atoms with Crippen molar-refractivity contribution in [3.63, 3.8) is 0 Å². The summed E-state index contributed by atoms with van der Waals surface area (Å²) in [7, 11) is 1.33. The summed E-state index contributed by atoms with van der Waals surface area (Å²) in [4.78, 5) is 35.1. The molecule has 0 fully saturated rings. The number of benzene rings is 2. The van der Waals surface area contributed by atoms with Gasteiger partial charge in [0.15, 0.2) is 0 Å². The van der Waals surface area contributed by atoms with Crippen molar-refractivity contribution < 1.29 is 14.3 Å². The Hall–Kier alpha value is -4.36. The van der Waals surface area contributed by atoms with Gasteiger partial charge < -0.3 is 10.1 Å². The van der Waals surface area contributed by atoms with Gasteiger partial charge in [0, 0.05) is 34.3 Å². The molecule has 34 heavy (non-hydrogen) atoms. The molecular formula is C27H19N3O3S. The molecular weight excluding hydrogens is 446 g/mol. The van der Waals surface area contributed by atoms with Crippen molar-refractivity contribution in [1.29, 1.82) is 0 Å². The standard InChI is InChI=1S/C27H19N3O3S/c1-33-27(32)24-21(17-8-3-2-4-9-17)16-34-26(24)30-25(31)20-14-23(18-10-7-13-28-15-18)29-22-12-6-5-11-19(20)22/h2-16H,1H3,(H,30,31). The average Bonchev–Trinajstić information content (AvgIpc) is 3.32. The molecule has 0 saturated heterocycles. The highest BCUT2D eigenvalue weighted by molar-refractivity contribution is 7.15. The van der Waals surface area contributed by atoms with Gasteiger partial charge in [-0.15, -0.1) is 11.3 Å². The van der Waals surface area contributed by atoms with Crippen molar-refractivity contribution in [3.05, 3.63) is 102 Å². The number of carbonyl (C=O) groups is 2. The molecule has 5 rings (SSSR count). The number of hydrogen-bond acceptors (Lipinski definition) is 6.